The summed E-state index contributed by atoms with van der Waals surface area (Å²) < 4.78 is 0. The second kappa shape index (κ2) is 8.93. The number of hydrogen-bond acceptors (Lipinski definition) is 4. The third-order valence-electron chi connectivity index (χ3n) is 3.16. The molecule has 21 heavy (non-hydrogen) atoms. The number of carboxylic acid groups (broad SMARTS) is 1. The fourth-order valence-electron chi connectivity index (χ4n) is 2.03. The number of urea groups is 1. The molecule has 1 rings (SSSR count). The molecule has 1 aliphatic heterocycles. The summed E-state index contributed by atoms with van der Waals surface area (Å²) in [7, 11) is 0. The average molecular weight is 299 g/mol. The summed E-state index contributed by atoms with van der Waals surface area (Å²) in [6.45, 7) is 1.30. The predicted octanol–water partition coefficient (Wildman–Crippen LogP) is 0.0796. The Balaban J connectivity index is 2.10. The molecule has 1 heterocycles. The number of likely N-dealkylation sites (tertiary alicyclic amines) is 1. The Morgan fingerprint density at radius 1 is 1.00 bits per heavy atom. The molecule has 0 atom stereocenters. The molecule has 0 aromatic carbocycles. The van der Waals surface area contributed by atoms with E-state index in [1.54, 1.807) is 4.90 Å². The van der Waals surface area contributed by atoms with Gasteiger partial charge in [-0.25, -0.2) is 4.79 Å². The van der Waals surface area contributed by atoms with Gasteiger partial charge < -0.3 is 15.3 Å². The maximum Gasteiger partial charge on any atom is 0.321 e. The second-order valence-electron chi connectivity index (χ2n) is 4.92. The third-order valence-corrected chi connectivity index (χ3v) is 3.16. The summed E-state index contributed by atoms with van der Waals surface area (Å²) in [6.07, 6.45) is 2.83. The number of nitrogens with zero attached hydrogens (tertiary/aromatic N) is 1. The van der Waals surface area contributed by atoms with Crippen molar-refractivity contribution in [2.75, 3.05) is 19.6 Å². The Hall–Kier alpha value is -2.12. The maximum absolute atomic E-state index is 11.7. The first-order valence-electron chi connectivity index (χ1n) is 7.06. The van der Waals surface area contributed by atoms with E-state index in [-0.39, 0.29) is 25.3 Å². The van der Waals surface area contributed by atoms with Crippen LogP contribution in [0.2, 0.25) is 0 Å². The molecule has 8 nitrogen and oxygen atoms in total. The van der Waals surface area contributed by atoms with Gasteiger partial charge in [0.25, 0.3) is 0 Å². The lowest BCUT2D eigenvalue weighted by atomic mass is 10.2. The molecule has 0 aliphatic carbocycles. The van der Waals surface area contributed by atoms with Crippen molar-refractivity contribution in [3.63, 3.8) is 0 Å². The number of hydrogen-bond donors (Lipinski definition) is 3. The van der Waals surface area contributed by atoms with Gasteiger partial charge >= 0.3 is 12.0 Å². The van der Waals surface area contributed by atoms with Gasteiger partial charge in [0, 0.05) is 25.9 Å². The van der Waals surface area contributed by atoms with Crippen LogP contribution in [-0.2, 0) is 14.4 Å². The Bertz CT molecular complexity index is 405. The van der Waals surface area contributed by atoms with Crippen LogP contribution in [0.5, 0.6) is 0 Å². The minimum Gasteiger partial charge on any atom is -0.481 e. The highest BCUT2D eigenvalue weighted by Gasteiger charge is 2.18. The van der Waals surface area contributed by atoms with E-state index in [1.165, 1.54) is 0 Å². The number of imide groups is 1. The van der Waals surface area contributed by atoms with Crippen molar-refractivity contribution in [2.45, 2.75) is 38.5 Å². The lowest BCUT2D eigenvalue weighted by Crippen LogP contribution is -2.44. The Morgan fingerprint density at radius 2 is 1.62 bits per heavy atom. The van der Waals surface area contributed by atoms with E-state index in [0.29, 0.717) is 25.9 Å². The SMILES string of the molecule is O=C(O)CCCCC(=O)NC(=O)NCC(=O)N1CCCC1. The zero-order chi connectivity index (χ0) is 15.7. The molecule has 4 amide bonds. The van der Waals surface area contributed by atoms with E-state index >= 15 is 0 Å². The highest BCUT2D eigenvalue weighted by molar-refractivity contribution is 5.95. The topological polar surface area (TPSA) is 116 Å². The van der Waals surface area contributed by atoms with Crippen molar-refractivity contribution >= 4 is 23.8 Å². The molecule has 0 aromatic rings. The molecular weight excluding hydrogens is 278 g/mol. The first kappa shape index (κ1) is 16.9. The molecule has 3 N–H and O–H groups in total. The number of carboxylic acids is 1. The van der Waals surface area contributed by atoms with E-state index < -0.39 is 17.9 Å². The van der Waals surface area contributed by atoms with Gasteiger partial charge in [-0.2, -0.15) is 0 Å². The lowest BCUT2D eigenvalue weighted by molar-refractivity contribution is -0.137. The van der Waals surface area contributed by atoms with Gasteiger partial charge in [0.2, 0.25) is 11.8 Å². The van der Waals surface area contributed by atoms with Gasteiger partial charge in [0.15, 0.2) is 0 Å². The molecule has 8 heteroatoms. The summed E-state index contributed by atoms with van der Waals surface area (Å²) in [6, 6.07) is -0.703. The highest BCUT2D eigenvalue weighted by atomic mass is 16.4. The molecule has 0 aromatic heterocycles. The van der Waals surface area contributed by atoms with Crippen LogP contribution >= 0.6 is 0 Å². The molecule has 0 saturated carbocycles. The number of aliphatic carboxylic acids is 1. The largest absolute Gasteiger partial charge is 0.481 e. The van der Waals surface area contributed by atoms with Gasteiger partial charge in [-0.05, 0) is 25.7 Å². The van der Waals surface area contributed by atoms with Crippen LogP contribution in [-0.4, -0.2) is 53.5 Å². The Morgan fingerprint density at radius 3 is 2.24 bits per heavy atom. The molecule has 0 radical (unpaired) electrons. The fraction of sp³-hybridized carbons (Fsp3) is 0.692. The molecule has 0 spiro atoms. The van der Waals surface area contributed by atoms with Crippen molar-refractivity contribution in [1.82, 2.24) is 15.5 Å². The van der Waals surface area contributed by atoms with Crippen LogP contribution < -0.4 is 10.6 Å². The summed E-state index contributed by atoms with van der Waals surface area (Å²) in [5.74, 6) is -1.54. The molecule has 0 bridgehead atoms. The van der Waals surface area contributed by atoms with E-state index in [9.17, 15) is 19.2 Å². The number of nitrogens with one attached hydrogen (secondary N) is 2. The maximum atomic E-state index is 11.7. The summed E-state index contributed by atoms with van der Waals surface area (Å²) in [5, 5.41) is 12.9. The highest BCUT2D eigenvalue weighted by Crippen LogP contribution is 2.06. The summed E-state index contributed by atoms with van der Waals surface area (Å²) in [5.41, 5.74) is 0. The summed E-state index contributed by atoms with van der Waals surface area (Å²) >= 11 is 0. The summed E-state index contributed by atoms with van der Waals surface area (Å²) in [4.78, 5) is 46.4. The van der Waals surface area contributed by atoms with E-state index in [2.05, 4.69) is 10.6 Å². The molecular formula is C13H21N3O5. The quantitative estimate of drug-likeness (QED) is 0.576. The molecule has 1 saturated heterocycles. The number of rotatable bonds is 7. The number of carbonyl (C=O) groups excluding carboxylic acids is 3. The van der Waals surface area contributed by atoms with Gasteiger partial charge in [-0.15, -0.1) is 0 Å². The molecule has 1 aliphatic rings. The van der Waals surface area contributed by atoms with E-state index in [4.69, 9.17) is 5.11 Å². The molecule has 0 unspecified atom stereocenters. The van der Waals surface area contributed by atoms with Crippen molar-refractivity contribution in [3.05, 3.63) is 0 Å². The zero-order valence-electron chi connectivity index (χ0n) is 11.9. The Labute approximate surface area is 122 Å². The Kier molecular flexibility index (Phi) is 7.20. The minimum absolute atomic E-state index is 0.00378. The van der Waals surface area contributed by atoms with Crippen molar-refractivity contribution in [1.29, 1.82) is 0 Å². The van der Waals surface area contributed by atoms with Crippen molar-refractivity contribution in [3.8, 4) is 0 Å². The predicted molar refractivity (Wildman–Crippen MR) is 73.5 cm³/mol. The van der Waals surface area contributed by atoms with E-state index in [1.807, 2.05) is 0 Å². The lowest BCUT2D eigenvalue weighted by Gasteiger charge is -2.15. The average Bonchev–Trinajstić information content (AvgIpc) is 2.95. The standard InChI is InChI=1S/C13H21N3O5/c17-10(5-1-2-6-12(19)20)15-13(21)14-9-11(18)16-7-3-4-8-16/h1-9H2,(H,19,20)(H2,14,15,17,21). The molecule has 1 fully saturated rings. The van der Waals surface area contributed by atoms with Crippen LogP contribution in [0.1, 0.15) is 38.5 Å². The zero-order valence-corrected chi connectivity index (χ0v) is 11.9. The smallest absolute Gasteiger partial charge is 0.321 e. The van der Waals surface area contributed by atoms with Crippen LogP contribution in [0, 0.1) is 0 Å². The number of amides is 4. The van der Waals surface area contributed by atoms with Gasteiger partial charge in [-0.3, -0.25) is 19.7 Å². The second-order valence-corrected chi connectivity index (χ2v) is 4.92. The number of carbonyl (C=O) groups is 4. The first-order chi connectivity index (χ1) is 9.99. The first-order valence-corrected chi connectivity index (χ1v) is 7.06. The van der Waals surface area contributed by atoms with Crippen LogP contribution in [0.3, 0.4) is 0 Å². The van der Waals surface area contributed by atoms with Gasteiger partial charge in [-0.1, -0.05) is 0 Å². The minimum atomic E-state index is -0.909. The third kappa shape index (κ3) is 7.28. The number of unbranched alkanes of at least 4 members (excludes halogenated alkanes) is 1. The normalized spacial score (nSPS) is 13.8. The fourth-order valence-corrected chi connectivity index (χ4v) is 2.03. The van der Waals surface area contributed by atoms with Gasteiger partial charge in [0.1, 0.15) is 0 Å². The van der Waals surface area contributed by atoms with E-state index in [0.717, 1.165) is 12.8 Å². The van der Waals surface area contributed by atoms with Crippen LogP contribution in [0.15, 0.2) is 0 Å². The molecule has 118 valence electrons. The van der Waals surface area contributed by atoms with Crippen molar-refractivity contribution < 1.29 is 24.3 Å². The van der Waals surface area contributed by atoms with Crippen molar-refractivity contribution in [2.24, 2.45) is 0 Å². The monoisotopic (exact) mass is 299 g/mol. The van der Waals surface area contributed by atoms with Crippen LogP contribution in [0.25, 0.3) is 0 Å². The van der Waals surface area contributed by atoms with Crippen LogP contribution in [0.4, 0.5) is 4.79 Å². The van der Waals surface area contributed by atoms with Gasteiger partial charge in [0.05, 0.1) is 6.54 Å².